The third-order valence-corrected chi connectivity index (χ3v) is 2.68. The van der Waals surface area contributed by atoms with E-state index in [1.807, 2.05) is 0 Å². The van der Waals surface area contributed by atoms with Gasteiger partial charge in [-0.2, -0.15) is 0 Å². The summed E-state index contributed by atoms with van der Waals surface area (Å²) < 4.78 is 18.8. The summed E-state index contributed by atoms with van der Waals surface area (Å²) in [5, 5.41) is 0. The van der Waals surface area contributed by atoms with Crippen LogP contribution in [0.3, 0.4) is 0 Å². The molecule has 0 saturated carbocycles. The second-order valence-electron chi connectivity index (χ2n) is 4.23. The molecule has 0 aliphatic rings. The first-order valence-corrected chi connectivity index (χ1v) is 6.26. The van der Waals surface area contributed by atoms with E-state index in [9.17, 15) is 14.0 Å². The van der Waals surface area contributed by atoms with Crippen molar-refractivity contribution in [1.82, 2.24) is 5.43 Å². The van der Waals surface area contributed by atoms with Crippen molar-refractivity contribution in [2.75, 3.05) is 6.61 Å². The summed E-state index contributed by atoms with van der Waals surface area (Å²) in [4.78, 5) is 21.7. The lowest BCUT2D eigenvalue weighted by molar-refractivity contribution is -0.121. The normalized spacial score (nSPS) is 10.1. The van der Waals surface area contributed by atoms with Crippen LogP contribution in [0.2, 0.25) is 0 Å². The minimum Gasteiger partial charge on any atom is -0.493 e. The summed E-state index contributed by atoms with van der Waals surface area (Å²) in [7, 11) is 0. The number of carbonyl (C=O) groups is 2. The minimum atomic E-state index is -0.813. The van der Waals surface area contributed by atoms with Gasteiger partial charge in [0.25, 0.3) is 5.91 Å². The van der Waals surface area contributed by atoms with Crippen LogP contribution in [0, 0.1) is 5.82 Å². The van der Waals surface area contributed by atoms with E-state index in [-0.39, 0.29) is 11.5 Å². The van der Waals surface area contributed by atoms with Gasteiger partial charge in [-0.1, -0.05) is 0 Å². The molecule has 6 nitrogen and oxygen atoms in total. The molecule has 5 N–H and O–H groups in total. The Kier molecular flexibility index (Phi) is 6.45. The molecular weight excluding hydrogens is 265 g/mol. The molecule has 2 amide bonds. The molecule has 1 rings (SSSR count). The van der Waals surface area contributed by atoms with Crippen molar-refractivity contribution < 1.29 is 18.7 Å². The molecule has 0 spiro atoms. The highest BCUT2D eigenvalue weighted by Crippen LogP contribution is 2.16. The molecule has 1 aromatic carbocycles. The van der Waals surface area contributed by atoms with E-state index < -0.39 is 11.7 Å². The highest BCUT2D eigenvalue weighted by atomic mass is 19.1. The molecule has 0 unspecified atom stereocenters. The standard InChI is InChI=1S/C13H18FN3O3/c14-11-8-9(5-6-10(11)13(15)19)20-7-3-1-2-4-12(18)17-16/h5-6,8H,1-4,7,16H2,(H2,15,19)(H,17,18). The largest absolute Gasteiger partial charge is 0.493 e. The van der Waals surface area contributed by atoms with Gasteiger partial charge in [-0.05, 0) is 31.4 Å². The summed E-state index contributed by atoms with van der Waals surface area (Å²) in [6, 6.07) is 3.91. The van der Waals surface area contributed by atoms with E-state index >= 15 is 0 Å². The first-order valence-electron chi connectivity index (χ1n) is 6.26. The number of carbonyl (C=O) groups excluding carboxylic acids is 2. The Balaban J connectivity index is 2.27. The zero-order chi connectivity index (χ0) is 15.0. The molecule has 7 heteroatoms. The number of primary amides is 1. The molecule has 20 heavy (non-hydrogen) atoms. The second kappa shape index (κ2) is 8.11. The number of unbranched alkanes of at least 4 members (excludes halogenated alkanes) is 2. The van der Waals surface area contributed by atoms with Gasteiger partial charge in [-0.25, -0.2) is 10.2 Å². The van der Waals surface area contributed by atoms with Crippen LogP contribution in [0.5, 0.6) is 5.75 Å². The van der Waals surface area contributed by atoms with Gasteiger partial charge in [0.2, 0.25) is 5.91 Å². The average molecular weight is 283 g/mol. The molecule has 0 heterocycles. The number of hydrogen-bond donors (Lipinski definition) is 3. The van der Waals surface area contributed by atoms with Gasteiger partial charge >= 0.3 is 0 Å². The van der Waals surface area contributed by atoms with E-state index in [0.29, 0.717) is 25.2 Å². The number of hydrazine groups is 1. The van der Waals surface area contributed by atoms with Crippen molar-refractivity contribution in [3.8, 4) is 5.75 Å². The van der Waals surface area contributed by atoms with Gasteiger partial charge in [0, 0.05) is 12.5 Å². The summed E-state index contributed by atoms with van der Waals surface area (Å²) in [5.74, 6) is 3.57. The summed E-state index contributed by atoms with van der Waals surface area (Å²) >= 11 is 0. The van der Waals surface area contributed by atoms with Crippen molar-refractivity contribution in [3.63, 3.8) is 0 Å². The fraction of sp³-hybridized carbons (Fsp3) is 0.385. The van der Waals surface area contributed by atoms with Gasteiger partial charge in [0.1, 0.15) is 11.6 Å². The second-order valence-corrected chi connectivity index (χ2v) is 4.23. The lowest BCUT2D eigenvalue weighted by Crippen LogP contribution is -2.29. The average Bonchev–Trinajstić information content (AvgIpc) is 2.42. The smallest absolute Gasteiger partial charge is 0.251 e. The number of nitrogens with one attached hydrogen (secondary N) is 1. The zero-order valence-corrected chi connectivity index (χ0v) is 11.0. The minimum absolute atomic E-state index is 0.162. The van der Waals surface area contributed by atoms with E-state index in [2.05, 4.69) is 5.43 Å². The van der Waals surface area contributed by atoms with Crippen LogP contribution in [-0.2, 0) is 4.79 Å². The van der Waals surface area contributed by atoms with Crippen LogP contribution in [0.4, 0.5) is 4.39 Å². The van der Waals surface area contributed by atoms with Gasteiger partial charge in [0.15, 0.2) is 0 Å². The monoisotopic (exact) mass is 283 g/mol. The maximum atomic E-state index is 13.4. The zero-order valence-electron chi connectivity index (χ0n) is 11.0. The molecule has 0 atom stereocenters. The van der Waals surface area contributed by atoms with Crippen molar-refractivity contribution in [2.45, 2.75) is 25.7 Å². The maximum absolute atomic E-state index is 13.4. The quantitative estimate of drug-likeness (QED) is 0.284. The Morgan fingerprint density at radius 1 is 1.25 bits per heavy atom. The predicted octanol–water partition coefficient (Wildman–Crippen LogP) is 0.854. The van der Waals surface area contributed by atoms with Gasteiger partial charge in [0.05, 0.1) is 12.2 Å². The van der Waals surface area contributed by atoms with Crippen molar-refractivity contribution in [1.29, 1.82) is 0 Å². The Bertz CT molecular complexity index is 480. The predicted molar refractivity (Wildman–Crippen MR) is 71.2 cm³/mol. The van der Waals surface area contributed by atoms with Gasteiger partial charge in [-0.15, -0.1) is 0 Å². The topological polar surface area (TPSA) is 107 Å². The van der Waals surface area contributed by atoms with E-state index in [1.165, 1.54) is 12.1 Å². The first kappa shape index (κ1) is 15.9. The third-order valence-electron chi connectivity index (χ3n) is 2.68. The summed E-state index contributed by atoms with van der Waals surface area (Å²) in [6.07, 6.45) is 2.62. The number of amides is 2. The van der Waals surface area contributed by atoms with Crippen LogP contribution in [0.15, 0.2) is 18.2 Å². The number of benzene rings is 1. The fourth-order valence-corrected chi connectivity index (χ4v) is 1.61. The molecule has 110 valence electrons. The highest BCUT2D eigenvalue weighted by Gasteiger charge is 2.08. The molecule has 0 bridgehead atoms. The van der Waals surface area contributed by atoms with Crippen LogP contribution < -0.4 is 21.7 Å². The highest BCUT2D eigenvalue weighted by molar-refractivity contribution is 5.93. The summed E-state index contributed by atoms with van der Waals surface area (Å²) in [6.45, 7) is 0.402. The molecule has 1 aromatic rings. The Hall–Kier alpha value is -2.15. The maximum Gasteiger partial charge on any atom is 0.251 e. The molecule has 0 aliphatic carbocycles. The lowest BCUT2D eigenvalue weighted by atomic mass is 10.2. The van der Waals surface area contributed by atoms with Crippen molar-refractivity contribution in [2.24, 2.45) is 11.6 Å². The molecule has 0 aliphatic heterocycles. The van der Waals surface area contributed by atoms with E-state index in [0.717, 1.165) is 18.9 Å². The van der Waals surface area contributed by atoms with Gasteiger partial charge < -0.3 is 10.5 Å². The fourth-order valence-electron chi connectivity index (χ4n) is 1.61. The van der Waals surface area contributed by atoms with Gasteiger partial charge in [-0.3, -0.25) is 15.0 Å². The molecule has 0 fully saturated rings. The number of rotatable bonds is 8. The number of ether oxygens (including phenoxy) is 1. The molecular formula is C13H18FN3O3. The van der Waals surface area contributed by atoms with Crippen molar-refractivity contribution >= 4 is 11.8 Å². The third kappa shape index (κ3) is 5.23. The Morgan fingerprint density at radius 2 is 2.00 bits per heavy atom. The van der Waals surface area contributed by atoms with Crippen molar-refractivity contribution in [3.05, 3.63) is 29.6 Å². The molecule has 0 radical (unpaired) electrons. The van der Waals surface area contributed by atoms with Crippen LogP contribution >= 0.6 is 0 Å². The summed E-state index contributed by atoms with van der Waals surface area (Å²) in [5.41, 5.74) is 6.89. The SMILES string of the molecule is NNC(=O)CCCCCOc1ccc(C(N)=O)c(F)c1. The number of hydrogen-bond acceptors (Lipinski definition) is 4. The number of nitrogens with two attached hydrogens (primary N) is 2. The van der Waals surface area contributed by atoms with Crippen LogP contribution in [0.1, 0.15) is 36.0 Å². The van der Waals surface area contributed by atoms with Crippen LogP contribution in [-0.4, -0.2) is 18.4 Å². The van der Waals surface area contributed by atoms with E-state index in [1.54, 1.807) is 0 Å². The van der Waals surface area contributed by atoms with Crippen LogP contribution in [0.25, 0.3) is 0 Å². The Morgan fingerprint density at radius 3 is 2.60 bits per heavy atom. The molecule has 0 saturated heterocycles. The lowest BCUT2D eigenvalue weighted by Gasteiger charge is -2.07. The first-order chi connectivity index (χ1) is 9.54. The Labute approximate surface area is 116 Å². The molecule has 0 aromatic heterocycles. The van der Waals surface area contributed by atoms with E-state index in [4.69, 9.17) is 16.3 Å². The number of halogens is 1.